The van der Waals surface area contributed by atoms with Crippen LogP contribution in [0, 0.1) is 0 Å². The number of hydrogen-bond donors (Lipinski definition) is 3. The van der Waals surface area contributed by atoms with Gasteiger partial charge in [-0.05, 0) is 41.2 Å². The first-order valence-electron chi connectivity index (χ1n) is 12.7. The number of methoxy groups -OCH3 is 1. The molecule has 0 saturated heterocycles. The van der Waals surface area contributed by atoms with Crippen molar-refractivity contribution < 1.29 is 14.6 Å². The molecular weight excluding hydrogens is 452 g/mol. The van der Waals surface area contributed by atoms with Crippen molar-refractivity contribution in [3.05, 3.63) is 71.5 Å². The quantitative estimate of drug-likeness (QED) is 0.269. The van der Waals surface area contributed by atoms with E-state index in [0.717, 1.165) is 48.1 Å². The second-order valence-corrected chi connectivity index (χ2v) is 10.3. The smallest absolute Gasteiger partial charge is 0.319 e. The molecule has 7 nitrogen and oxygen atoms in total. The summed E-state index contributed by atoms with van der Waals surface area (Å²) >= 11 is 0. The van der Waals surface area contributed by atoms with Crippen molar-refractivity contribution in [2.24, 2.45) is 0 Å². The Morgan fingerprint density at radius 1 is 1.17 bits per heavy atom. The van der Waals surface area contributed by atoms with Gasteiger partial charge in [-0.15, -0.1) is 0 Å². The highest BCUT2D eigenvalue weighted by molar-refractivity contribution is 5.90. The molecule has 0 aliphatic rings. The fourth-order valence-electron chi connectivity index (χ4n) is 4.45. The summed E-state index contributed by atoms with van der Waals surface area (Å²) in [6.07, 6.45) is 7.77. The number of phenols is 1. The van der Waals surface area contributed by atoms with Crippen LogP contribution in [0.5, 0.6) is 11.5 Å². The summed E-state index contributed by atoms with van der Waals surface area (Å²) in [5.41, 5.74) is 3.56. The molecule has 2 amide bonds. The predicted octanol–water partition coefficient (Wildman–Crippen LogP) is 6.43. The molecule has 3 rings (SSSR count). The van der Waals surface area contributed by atoms with Crippen molar-refractivity contribution in [2.75, 3.05) is 19.0 Å². The Morgan fingerprint density at radius 2 is 1.97 bits per heavy atom. The summed E-state index contributed by atoms with van der Waals surface area (Å²) in [6.45, 7) is 9.60. The second-order valence-electron chi connectivity index (χ2n) is 10.3. The molecule has 194 valence electrons. The van der Waals surface area contributed by atoms with Crippen molar-refractivity contribution in [3.8, 4) is 11.5 Å². The minimum atomic E-state index is -0.264. The van der Waals surface area contributed by atoms with Gasteiger partial charge in [0.1, 0.15) is 0 Å². The van der Waals surface area contributed by atoms with Crippen LogP contribution in [0.1, 0.15) is 76.0 Å². The lowest BCUT2D eigenvalue weighted by Crippen LogP contribution is -2.33. The number of anilines is 1. The van der Waals surface area contributed by atoms with Crippen molar-refractivity contribution in [1.82, 2.24) is 15.1 Å². The van der Waals surface area contributed by atoms with Gasteiger partial charge in [-0.2, -0.15) is 5.10 Å². The zero-order valence-electron chi connectivity index (χ0n) is 22.2. The third-order valence-electron chi connectivity index (χ3n) is 6.40. The Labute approximate surface area is 214 Å². The Hall–Kier alpha value is -3.48. The molecule has 7 heteroatoms. The first-order valence-corrected chi connectivity index (χ1v) is 12.7. The number of unbranched alkanes of at least 4 members (excludes halogenated alkanes) is 2. The number of amides is 2. The number of benzene rings is 2. The van der Waals surface area contributed by atoms with Crippen LogP contribution in [0.2, 0.25) is 0 Å². The number of phenolic OH excluding ortho intramolecular Hbond substituents is 1. The minimum absolute atomic E-state index is 0.0226. The van der Waals surface area contributed by atoms with Crippen molar-refractivity contribution in [1.29, 1.82) is 0 Å². The van der Waals surface area contributed by atoms with Crippen LogP contribution in [0.15, 0.2) is 54.9 Å². The topological polar surface area (TPSA) is 88.4 Å². The molecule has 0 radical (unpaired) electrons. The molecule has 3 N–H and O–H groups in total. The number of carbonyl (C=O) groups is 1. The lowest BCUT2D eigenvalue weighted by molar-refractivity contribution is 0.251. The van der Waals surface area contributed by atoms with Crippen LogP contribution in [-0.4, -0.2) is 34.6 Å². The number of ether oxygens (including phenoxy) is 1. The molecule has 1 unspecified atom stereocenters. The van der Waals surface area contributed by atoms with Gasteiger partial charge in [-0.25, -0.2) is 4.79 Å². The Bertz CT molecular complexity index is 1120. The molecule has 1 heterocycles. The molecular formula is C29H40N4O3. The van der Waals surface area contributed by atoms with Gasteiger partial charge in [-0.3, -0.25) is 4.68 Å². The lowest BCUT2D eigenvalue weighted by atomic mass is 9.85. The van der Waals surface area contributed by atoms with E-state index in [0.29, 0.717) is 18.8 Å². The van der Waals surface area contributed by atoms with E-state index < -0.39 is 0 Å². The van der Waals surface area contributed by atoms with Gasteiger partial charge in [0.05, 0.1) is 13.7 Å². The average Bonchev–Trinajstić information content (AvgIpc) is 3.34. The highest BCUT2D eigenvalue weighted by Gasteiger charge is 2.22. The van der Waals surface area contributed by atoms with E-state index in [-0.39, 0.29) is 23.1 Å². The monoisotopic (exact) mass is 492 g/mol. The maximum absolute atomic E-state index is 13.1. The van der Waals surface area contributed by atoms with E-state index in [1.54, 1.807) is 19.4 Å². The van der Waals surface area contributed by atoms with Crippen molar-refractivity contribution in [3.63, 3.8) is 0 Å². The van der Waals surface area contributed by atoms with E-state index >= 15 is 0 Å². The van der Waals surface area contributed by atoms with Gasteiger partial charge in [-0.1, -0.05) is 71.2 Å². The summed E-state index contributed by atoms with van der Waals surface area (Å²) in [6, 6.07) is 13.3. The molecule has 0 bridgehead atoms. The van der Waals surface area contributed by atoms with E-state index in [4.69, 9.17) is 4.74 Å². The van der Waals surface area contributed by atoms with Gasteiger partial charge >= 0.3 is 6.03 Å². The fourth-order valence-corrected chi connectivity index (χ4v) is 4.45. The normalized spacial score (nSPS) is 12.2. The van der Waals surface area contributed by atoms with Gasteiger partial charge < -0.3 is 20.5 Å². The number of nitrogens with zero attached hydrogens (tertiary/aromatic N) is 2. The van der Waals surface area contributed by atoms with Gasteiger partial charge in [0.15, 0.2) is 11.5 Å². The largest absolute Gasteiger partial charge is 0.504 e. The molecule has 3 aromatic rings. The number of rotatable bonds is 11. The number of nitrogens with one attached hydrogen (secondary N) is 2. The number of hydrogen-bond acceptors (Lipinski definition) is 4. The Kier molecular flexibility index (Phi) is 9.39. The first kappa shape index (κ1) is 27.1. The minimum Gasteiger partial charge on any atom is -0.504 e. The van der Waals surface area contributed by atoms with Gasteiger partial charge in [0.25, 0.3) is 0 Å². The van der Waals surface area contributed by atoms with Crippen LogP contribution in [0.3, 0.4) is 0 Å². The highest BCUT2D eigenvalue weighted by atomic mass is 16.5. The molecule has 0 spiro atoms. The van der Waals surface area contributed by atoms with E-state index in [1.165, 1.54) is 0 Å². The van der Waals surface area contributed by atoms with Crippen LogP contribution in [0.25, 0.3) is 0 Å². The third-order valence-corrected chi connectivity index (χ3v) is 6.40. The second kappa shape index (κ2) is 12.5. The van der Waals surface area contributed by atoms with Crippen molar-refractivity contribution in [2.45, 2.75) is 71.3 Å². The predicted molar refractivity (Wildman–Crippen MR) is 145 cm³/mol. The van der Waals surface area contributed by atoms with Crippen LogP contribution >= 0.6 is 0 Å². The number of urea groups is 1. The number of aromatic hydroxyl groups is 1. The molecule has 0 fully saturated rings. The molecule has 0 aliphatic carbocycles. The van der Waals surface area contributed by atoms with Gasteiger partial charge in [0.2, 0.25) is 0 Å². The Balaban J connectivity index is 1.76. The van der Waals surface area contributed by atoms with E-state index in [2.05, 4.69) is 55.6 Å². The van der Waals surface area contributed by atoms with Crippen molar-refractivity contribution >= 4 is 11.7 Å². The molecule has 1 atom stereocenters. The summed E-state index contributed by atoms with van der Waals surface area (Å²) in [7, 11) is 1.55. The lowest BCUT2D eigenvalue weighted by Gasteiger charge is -2.25. The first-order chi connectivity index (χ1) is 17.2. The SMILES string of the molecule is CCCCCC(CNC(=O)Nc1cc(Cn2cccn2)ccc1C(C)(C)C)c1cccc(OC)c1O. The molecule has 0 saturated carbocycles. The number of para-hydroxylation sites is 1. The van der Waals surface area contributed by atoms with Crippen LogP contribution in [-0.2, 0) is 12.0 Å². The van der Waals surface area contributed by atoms with Gasteiger partial charge in [0, 0.05) is 36.1 Å². The summed E-state index contributed by atoms with van der Waals surface area (Å²) in [5, 5.41) is 21.1. The fraction of sp³-hybridized carbons (Fsp3) is 0.448. The summed E-state index contributed by atoms with van der Waals surface area (Å²) in [5.74, 6) is 0.567. The maximum Gasteiger partial charge on any atom is 0.319 e. The summed E-state index contributed by atoms with van der Waals surface area (Å²) in [4.78, 5) is 13.1. The maximum atomic E-state index is 13.1. The molecule has 2 aromatic carbocycles. The average molecular weight is 493 g/mol. The number of aromatic nitrogens is 2. The molecule has 36 heavy (non-hydrogen) atoms. The zero-order valence-corrected chi connectivity index (χ0v) is 22.2. The highest BCUT2D eigenvalue weighted by Crippen LogP contribution is 2.36. The van der Waals surface area contributed by atoms with Crippen LogP contribution < -0.4 is 15.4 Å². The van der Waals surface area contributed by atoms with Crippen LogP contribution in [0.4, 0.5) is 10.5 Å². The Morgan fingerprint density at radius 3 is 2.64 bits per heavy atom. The molecule has 1 aromatic heterocycles. The van der Waals surface area contributed by atoms with E-state index in [1.807, 2.05) is 35.1 Å². The summed E-state index contributed by atoms with van der Waals surface area (Å²) < 4.78 is 7.16. The molecule has 0 aliphatic heterocycles. The zero-order chi connectivity index (χ0) is 26.1. The standard InChI is InChI=1S/C29H40N4O3/c1-6-7-8-11-22(23-12-9-13-26(36-5)27(23)34)19-30-28(35)32-25-18-21(20-33-17-10-16-31-33)14-15-24(25)29(2,3)4/h9-10,12-18,22,34H,6-8,11,19-20H2,1-5H3,(H2,30,32,35). The number of carbonyl (C=O) groups excluding carboxylic acids is 1. The third kappa shape index (κ3) is 7.26. The van der Waals surface area contributed by atoms with E-state index in [9.17, 15) is 9.90 Å².